The highest BCUT2D eigenvalue weighted by atomic mass is 35.5. The van der Waals surface area contributed by atoms with Crippen molar-refractivity contribution in [1.29, 1.82) is 0 Å². The number of nitrogens with one attached hydrogen (secondary N) is 1. The monoisotopic (exact) mass is 300 g/mol. The van der Waals surface area contributed by atoms with E-state index in [1.807, 2.05) is 30.3 Å². The number of hydrogen-bond donors (Lipinski definition) is 1. The lowest BCUT2D eigenvalue weighted by Crippen LogP contribution is -2.13. The van der Waals surface area contributed by atoms with E-state index < -0.39 is 5.91 Å². The van der Waals surface area contributed by atoms with Crippen LogP contribution in [0.15, 0.2) is 53.2 Å². The molecule has 7 heteroatoms. The van der Waals surface area contributed by atoms with E-state index in [4.69, 9.17) is 16.0 Å². The summed E-state index contributed by atoms with van der Waals surface area (Å²) in [6, 6.07) is 10.8. The number of carbonyl (C=O) groups excluding carboxylic acids is 1. The first-order valence-corrected chi connectivity index (χ1v) is 6.41. The van der Waals surface area contributed by atoms with Gasteiger partial charge in [-0.3, -0.25) is 15.1 Å². The molecule has 0 saturated heterocycles. The van der Waals surface area contributed by atoms with Crippen LogP contribution in [0.25, 0.3) is 11.5 Å². The van der Waals surface area contributed by atoms with Crippen LogP contribution in [0.5, 0.6) is 0 Å². The van der Waals surface area contributed by atoms with Crippen molar-refractivity contribution in [1.82, 2.24) is 15.2 Å². The number of pyridine rings is 1. The van der Waals surface area contributed by atoms with Crippen LogP contribution in [0.1, 0.15) is 10.4 Å². The molecule has 1 N–H and O–H groups in total. The van der Waals surface area contributed by atoms with E-state index in [9.17, 15) is 4.79 Å². The third-order valence-corrected chi connectivity index (χ3v) is 3.01. The summed E-state index contributed by atoms with van der Waals surface area (Å²) in [5, 5.41) is 10.4. The zero-order valence-corrected chi connectivity index (χ0v) is 11.4. The largest absolute Gasteiger partial charge is 0.403 e. The van der Waals surface area contributed by atoms with Gasteiger partial charge in [-0.15, -0.1) is 5.10 Å². The molecular weight excluding hydrogens is 292 g/mol. The van der Waals surface area contributed by atoms with Crippen molar-refractivity contribution in [2.24, 2.45) is 0 Å². The Balaban J connectivity index is 1.79. The summed E-state index contributed by atoms with van der Waals surface area (Å²) >= 11 is 5.92. The Hall–Kier alpha value is -2.73. The second-order valence-corrected chi connectivity index (χ2v) is 4.50. The average molecular weight is 301 g/mol. The van der Waals surface area contributed by atoms with Crippen molar-refractivity contribution in [3.8, 4) is 11.5 Å². The van der Waals surface area contributed by atoms with Gasteiger partial charge in [-0.2, -0.15) is 0 Å². The zero-order chi connectivity index (χ0) is 14.7. The average Bonchev–Trinajstić information content (AvgIpc) is 2.97. The van der Waals surface area contributed by atoms with E-state index in [-0.39, 0.29) is 11.6 Å². The van der Waals surface area contributed by atoms with E-state index in [2.05, 4.69) is 20.5 Å². The molecule has 0 unspecified atom stereocenters. The molecule has 3 aromatic rings. The number of rotatable bonds is 3. The summed E-state index contributed by atoms with van der Waals surface area (Å²) in [6.07, 6.45) is 2.87. The molecular formula is C14H9ClN4O2. The topological polar surface area (TPSA) is 80.9 Å². The minimum atomic E-state index is -0.462. The highest BCUT2D eigenvalue weighted by Gasteiger charge is 2.14. The third kappa shape index (κ3) is 2.90. The number of benzene rings is 1. The molecule has 0 fully saturated rings. The fourth-order valence-electron chi connectivity index (χ4n) is 1.68. The van der Waals surface area contributed by atoms with Gasteiger partial charge >= 0.3 is 6.01 Å². The van der Waals surface area contributed by atoms with Gasteiger partial charge in [0.25, 0.3) is 5.91 Å². The van der Waals surface area contributed by atoms with Crippen molar-refractivity contribution >= 4 is 23.5 Å². The lowest BCUT2D eigenvalue weighted by atomic mass is 10.2. The summed E-state index contributed by atoms with van der Waals surface area (Å²) in [6.45, 7) is 0. The molecule has 6 nitrogen and oxygen atoms in total. The second-order valence-electron chi connectivity index (χ2n) is 4.09. The van der Waals surface area contributed by atoms with Gasteiger partial charge < -0.3 is 4.42 Å². The van der Waals surface area contributed by atoms with Gasteiger partial charge in [-0.25, -0.2) is 0 Å². The first-order valence-electron chi connectivity index (χ1n) is 6.04. The summed E-state index contributed by atoms with van der Waals surface area (Å²) in [5.74, 6) is -0.139. The Morgan fingerprint density at radius 1 is 1.14 bits per heavy atom. The highest BCUT2D eigenvalue weighted by molar-refractivity contribution is 6.34. The Bertz CT molecular complexity index is 773. The SMILES string of the molecule is O=C(Nc1nnc(-c2ccccc2)o1)c1cnccc1Cl. The normalized spacial score (nSPS) is 10.3. The molecule has 0 spiro atoms. The Labute approximate surface area is 124 Å². The summed E-state index contributed by atoms with van der Waals surface area (Å²) in [5.41, 5.74) is 1.00. The molecule has 0 bridgehead atoms. The van der Waals surface area contributed by atoms with Crippen molar-refractivity contribution in [3.63, 3.8) is 0 Å². The molecule has 0 radical (unpaired) electrons. The Morgan fingerprint density at radius 3 is 2.71 bits per heavy atom. The van der Waals surface area contributed by atoms with Crippen LogP contribution in [0, 0.1) is 0 Å². The molecule has 3 rings (SSSR count). The van der Waals surface area contributed by atoms with Gasteiger partial charge in [0, 0.05) is 18.0 Å². The lowest BCUT2D eigenvalue weighted by Gasteiger charge is -2.01. The molecule has 0 atom stereocenters. The minimum absolute atomic E-state index is 0.00114. The van der Waals surface area contributed by atoms with Crippen molar-refractivity contribution in [3.05, 3.63) is 59.4 Å². The number of halogens is 1. The van der Waals surface area contributed by atoms with Crippen LogP contribution in [0.2, 0.25) is 5.02 Å². The van der Waals surface area contributed by atoms with E-state index in [0.29, 0.717) is 10.9 Å². The van der Waals surface area contributed by atoms with Crippen LogP contribution in [-0.4, -0.2) is 21.1 Å². The first kappa shape index (κ1) is 13.3. The molecule has 0 aliphatic rings. The Kier molecular flexibility index (Phi) is 3.61. The van der Waals surface area contributed by atoms with Crippen LogP contribution in [0.3, 0.4) is 0 Å². The Morgan fingerprint density at radius 2 is 1.95 bits per heavy atom. The first-order chi connectivity index (χ1) is 10.2. The molecule has 1 aromatic carbocycles. The molecule has 0 saturated carbocycles. The standard InChI is InChI=1S/C14H9ClN4O2/c15-11-6-7-16-8-10(11)12(20)17-14-19-18-13(21-14)9-4-2-1-3-5-9/h1-8H,(H,17,19,20). The highest BCUT2D eigenvalue weighted by Crippen LogP contribution is 2.20. The third-order valence-electron chi connectivity index (χ3n) is 2.68. The maximum Gasteiger partial charge on any atom is 0.322 e. The van der Waals surface area contributed by atoms with Gasteiger partial charge in [0.15, 0.2) is 0 Å². The van der Waals surface area contributed by atoms with Crippen LogP contribution < -0.4 is 5.32 Å². The van der Waals surface area contributed by atoms with E-state index in [0.717, 1.165) is 5.56 Å². The number of amides is 1. The summed E-state index contributed by atoms with van der Waals surface area (Å²) in [4.78, 5) is 15.9. The molecule has 104 valence electrons. The zero-order valence-electron chi connectivity index (χ0n) is 10.7. The minimum Gasteiger partial charge on any atom is -0.403 e. The predicted molar refractivity (Wildman–Crippen MR) is 76.9 cm³/mol. The van der Waals surface area contributed by atoms with Crippen molar-refractivity contribution in [2.45, 2.75) is 0 Å². The van der Waals surface area contributed by atoms with E-state index >= 15 is 0 Å². The van der Waals surface area contributed by atoms with Crippen molar-refractivity contribution in [2.75, 3.05) is 5.32 Å². The number of nitrogens with zero attached hydrogens (tertiary/aromatic N) is 3. The van der Waals surface area contributed by atoms with Gasteiger partial charge in [-0.1, -0.05) is 34.9 Å². The summed E-state index contributed by atoms with van der Waals surface area (Å²) < 4.78 is 5.38. The van der Waals surface area contributed by atoms with Gasteiger partial charge in [-0.05, 0) is 18.2 Å². The van der Waals surface area contributed by atoms with E-state index in [1.165, 1.54) is 18.5 Å². The van der Waals surface area contributed by atoms with E-state index in [1.54, 1.807) is 0 Å². The fourth-order valence-corrected chi connectivity index (χ4v) is 1.87. The smallest absolute Gasteiger partial charge is 0.322 e. The number of hydrogen-bond acceptors (Lipinski definition) is 5. The van der Waals surface area contributed by atoms with Crippen molar-refractivity contribution < 1.29 is 9.21 Å². The molecule has 21 heavy (non-hydrogen) atoms. The van der Waals surface area contributed by atoms with Crippen LogP contribution in [-0.2, 0) is 0 Å². The number of anilines is 1. The number of aromatic nitrogens is 3. The molecule has 1 amide bonds. The maximum absolute atomic E-state index is 12.0. The van der Waals surface area contributed by atoms with Gasteiger partial charge in [0.05, 0.1) is 10.6 Å². The number of carbonyl (C=O) groups is 1. The molecule has 0 aliphatic heterocycles. The molecule has 2 heterocycles. The molecule has 0 aliphatic carbocycles. The summed E-state index contributed by atoms with van der Waals surface area (Å²) in [7, 11) is 0. The van der Waals surface area contributed by atoms with Gasteiger partial charge in [0.2, 0.25) is 5.89 Å². The maximum atomic E-state index is 12.0. The van der Waals surface area contributed by atoms with Gasteiger partial charge in [0.1, 0.15) is 0 Å². The second kappa shape index (κ2) is 5.72. The van der Waals surface area contributed by atoms with Crippen LogP contribution in [0.4, 0.5) is 6.01 Å². The fraction of sp³-hybridized carbons (Fsp3) is 0. The quantitative estimate of drug-likeness (QED) is 0.804. The predicted octanol–water partition coefficient (Wildman–Crippen LogP) is 3.04. The lowest BCUT2D eigenvalue weighted by molar-refractivity contribution is 0.102. The van der Waals surface area contributed by atoms with Crippen LogP contribution >= 0.6 is 11.6 Å². The molecule has 2 aromatic heterocycles.